The van der Waals surface area contributed by atoms with Crippen LogP contribution in [0.1, 0.15) is 6.92 Å². The maximum atomic E-state index is 4.30. The van der Waals surface area contributed by atoms with Gasteiger partial charge in [0.25, 0.3) is 0 Å². The van der Waals surface area contributed by atoms with Crippen molar-refractivity contribution in [3.05, 3.63) is 18.3 Å². The standard InChI is InChI=1S/C11H20N4/c1-4-12-10-5-6-11(14-9-10)13-7-8-15(2)3/h5-6,9,12H,4,7-8H2,1-3H3,(H,13,14). The summed E-state index contributed by atoms with van der Waals surface area (Å²) in [4.78, 5) is 6.44. The zero-order chi connectivity index (χ0) is 11.1. The fourth-order valence-electron chi connectivity index (χ4n) is 1.21. The third-order valence-corrected chi connectivity index (χ3v) is 2.01. The zero-order valence-electron chi connectivity index (χ0n) is 9.75. The Morgan fingerprint density at radius 3 is 2.60 bits per heavy atom. The van der Waals surface area contributed by atoms with Gasteiger partial charge in [0.2, 0.25) is 0 Å². The van der Waals surface area contributed by atoms with Crippen LogP contribution in [-0.2, 0) is 0 Å². The molecule has 0 aliphatic carbocycles. The first kappa shape index (κ1) is 11.8. The van der Waals surface area contributed by atoms with E-state index in [0.717, 1.165) is 31.1 Å². The van der Waals surface area contributed by atoms with Crippen LogP contribution >= 0.6 is 0 Å². The molecule has 0 aliphatic rings. The van der Waals surface area contributed by atoms with Crippen LogP contribution < -0.4 is 10.6 Å². The molecule has 1 heterocycles. The molecule has 1 aromatic heterocycles. The Morgan fingerprint density at radius 2 is 2.07 bits per heavy atom. The van der Waals surface area contributed by atoms with Crippen LogP contribution in [-0.4, -0.2) is 43.6 Å². The third kappa shape index (κ3) is 4.65. The molecule has 1 rings (SSSR count). The van der Waals surface area contributed by atoms with Gasteiger partial charge in [0, 0.05) is 19.6 Å². The van der Waals surface area contributed by atoms with Crippen LogP contribution in [0.2, 0.25) is 0 Å². The summed E-state index contributed by atoms with van der Waals surface area (Å²) in [5, 5.41) is 6.48. The van der Waals surface area contributed by atoms with Gasteiger partial charge in [-0.15, -0.1) is 0 Å². The lowest BCUT2D eigenvalue weighted by Crippen LogP contribution is -2.21. The van der Waals surface area contributed by atoms with E-state index in [2.05, 4.69) is 41.5 Å². The van der Waals surface area contributed by atoms with E-state index < -0.39 is 0 Å². The van der Waals surface area contributed by atoms with Crippen molar-refractivity contribution in [1.82, 2.24) is 9.88 Å². The largest absolute Gasteiger partial charge is 0.384 e. The van der Waals surface area contributed by atoms with Gasteiger partial charge in [-0.05, 0) is 33.2 Å². The second-order valence-corrected chi connectivity index (χ2v) is 3.69. The molecule has 2 N–H and O–H groups in total. The second-order valence-electron chi connectivity index (χ2n) is 3.69. The van der Waals surface area contributed by atoms with Crippen LogP contribution in [0.5, 0.6) is 0 Å². The summed E-state index contributed by atoms with van der Waals surface area (Å²) in [5.74, 6) is 0.929. The van der Waals surface area contributed by atoms with E-state index >= 15 is 0 Å². The molecule has 0 spiro atoms. The average molecular weight is 208 g/mol. The minimum Gasteiger partial charge on any atom is -0.384 e. The minimum absolute atomic E-state index is 0.917. The molecule has 0 amide bonds. The van der Waals surface area contributed by atoms with E-state index in [1.165, 1.54) is 0 Å². The fraction of sp³-hybridized carbons (Fsp3) is 0.545. The van der Waals surface area contributed by atoms with Crippen LogP contribution in [0, 0.1) is 0 Å². The van der Waals surface area contributed by atoms with Gasteiger partial charge in [-0.2, -0.15) is 0 Å². The van der Waals surface area contributed by atoms with Crippen molar-refractivity contribution < 1.29 is 0 Å². The smallest absolute Gasteiger partial charge is 0.126 e. The molecule has 0 aromatic carbocycles. The van der Waals surface area contributed by atoms with Gasteiger partial charge in [0.05, 0.1) is 11.9 Å². The van der Waals surface area contributed by atoms with E-state index in [1.54, 1.807) is 0 Å². The molecule has 1 aromatic rings. The quantitative estimate of drug-likeness (QED) is 0.743. The summed E-state index contributed by atoms with van der Waals surface area (Å²) >= 11 is 0. The summed E-state index contributed by atoms with van der Waals surface area (Å²) in [6.45, 7) is 4.93. The van der Waals surface area contributed by atoms with Gasteiger partial charge in [0.1, 0.15) is 5.82 Å². The molecular weight excluding hydrogens is 188 g/mol. The zero-order valence-corrected chi connectivity index (χ0v) is 9.75. The number of hydrogen-bond donors (Lipinski definition) is 2. The molecule has 84 valence electrons. The average Bonchev–Trinajstić information content (AvgIpc) is 2.20. The molecule has 0 saturated carbocycles. The summed E-state index contributed by atoms with van der Waals surface area (Å²) < 4.78 is 0. The topological polar surface area (TPSA) is 40.2 Å². The molecule has 0 aliphatic heterocycles. The Balaban J connectivity index is 2.36. The van der Waals surface area contributed by atoms with Crippen LogP contribution in [0.3, 0.4) is 0 Å². The van der Waals surface area contributed by atoms with E-state index in [1.807, 2.05) is 18.3 Å². The van der Waals surface area contributed by atoms with Crippen molar-refractivity contribution in [1.29, 1.82) is 0 Å². The van der Waals surface area contributed by atoms with E-state index in [4.69, 9.17) is 0 Å². The molecule has 4 heteroatoms. The van der Waals surface area contributed by atoms with E-state index in [-0.39, 0.29) is 0 Å². The Hall–Kier alpha value is -1.29. The minimum atomic E-state index is 0.917. The lowest BCUT2D eigenvalue weighted by Gasteiger charge is -2.11. The number of nitrogens with one attached hydrogen (secondary N) is 2. The van der Waals surface area contributed by atoms with Gasteiger partial charge in [-0.3, -0.25) is 0 Å². The van der Waals surface area contributed by atoms with Crippen molar-refractivity contribution in [2.45, 2.75) is 6.92 Å². The van der Waals surface area contributed by atoms with Gasteiger partial charge in [-0.25, -0.2) is 4.98 Å². The third-order valence-electron chi connectivity index (χ3n) is 2.01. The molecule has 0 fully saturated rings. The van der Waals surface area contributed by atoms with Crippen molar-refractivity contribution >= 4 is 11.5 Å². The number of nitrogens with zero attached hydrogens (tertiary/aromatic N) is 2. The predicted octanol–water partition coefficient (Wildman–Crippen LogP) is 1.49. The summed E-state index contributed by atoms with van der Waals surface area (Å²) in [5.41, 5.74) is 1.07. The highest BCUT2D eigenvalue weighted by atomic mass is 15.1. The Labute approximate surface area is 91.7 Å². The van der Waals surface area contributed by atoms with Gasteiger partial charge in [0.15, 0.2) is 0 Å². The molecule has 0 atom stereocenters. The molecule has 15 heavy (non-hydrogen) atoms. The molecule has 0 saturated heterocycles. The number of likely N-dealkylation sites (N-methyl/N-ethyl adjacent to an activating group) is 1. The number of anilines is 2. The first-order chi connectivity index (χ1) is 7.22. The number of aromatic nitrogens is 1. The molecule has 0 radical (unpaired) electrons. The van der Waals surface area contributed by atoms with Crippen molar-refractivity contribution in [2.24, 2.45) is 0 Å². The highest BCUT2D eigenvalue weighted by Gasteiger charge is 1.94. The fourth-order valence-corrected chi connectivity index (χ4v) is 1.21. The van der Waals surface area contributed by atoms with Gasteiger partial charge >= 0.3 is 0 Å². The molecule has 0 unspecified atom stereocenters. The van der Waals surface area contributed by atoms with Crippen molar-refractivity contribution in [2.75, 3.05) is 44.4 Å². The number of hydrogen-bond acceptors (Lipinski definition) is 4. The maximum Gasteiger partial charge on any atom is 0.126 e. The van der Waals surface area contributed by atoms with Crippen LogP contribution in [0.15, 0.2) is 18.3 Å². The first-order valence-corrected chi connectivity index (χ1v) is 5.31. The SMILES string of the molecule is CCNc1ccc(NCCN(C)C)nc1. The monoisotopic (exact) mass is 208 g/mol. The number of rotatable bonds is 6. The van der Waals surface area contributed by atoms with Crippen LogP contribution in [0.4, 0.5) is 11.5 Å². The highest BCUT2D eigenvalue weighted by Crippen LogP contribution is 2.08. The first-order valence-electron chi connectivity index (χ1n) is 5.31. The lowest BCUT2D eigenvalue weighted by atomic mass is 10.4. The predicted molar refractivity (Wildman–Crippen MR) is 65.4 cm³/mol. The maximum absolute atomic E-state index is 4.30. The van der Waals surface area contributed by atoms with Gasteiger partial charge < -0.3 is 15.5 Å². The summed E-state index contributed by atoms with van der Waals surface area (Å²) in [6.07, 6.45) is 1.85. The molecule has 0 bridgehead atoms. The van der Waals surface area contributed by atoms with E-state index in [9.17, 15) is 0 Å². The van der Waals surface area contributed by atoms with Crippen molar-refractivity contribution in [3.8, 4) is 0 Å². The van der Waals surface area contributed by atoms with Crippen molar-refractivity contribution in [3.63, 3.8) is 0 Å². The Bertz CT molecular complexity index is 268. The Kier molecular flexibility index (Phi) is 4.90. The molecule has 4 nitrogen and oxygen atoms in total. The summed E-state index contributed by atoms with van der Waals surface area (Å²) in [6, 6.07) is 4.03. The highest BCUT2D eigenvalue weighted by molar-refractivity contribution is 5.46. The normalized spacial score (nSPS) is 10.4. The Morgan fingerprint density at radius 1 is 1.27 bits per heavy atom. The second kappa shape index (κ2) is 6.24. The summed E-state index contributed by atoms with van der Waals surface area (Å²) in [7, 11) is 4.12. The molecular formula is C11H20N4. The number of pyridine rings is 1. The van der Waals surface area contributed by atoms with E-state index in [0.29, 0.717) is 0 Å². The lowest BCUT2D eigenvalue weighted by molar-refractivity contribution is 0.425. The van der Waals surface area contributed by atoms with Gasteiger partial charge in [-0.1, -0.05) is 0 Å². The van der Waals surface area contributed by atoms with Crippen LogP contribution in [0.25, 0.3) is 0 Å².